The lowest BCUT2D eigenvalue weighted by Crippen LogP contribution is -2.25. The SMILES string of the molecule is CCCNCc1ccc(S(=O)(=O)N(C)CC)s1. The summed E-state index contributed by atoms with van der Waals surface area (Å²) in [4.78, 5) is 1.06. The Hall–Kier alpha value is -0.430. The Morgan fingerprint density at radius 1 is 1.35 bits per heavy atom. The fourth-order valence-corrected chi connectivity index (χ4v) is 4.02. The minimum atomic E-state index is -3.27. The van der Waals surface area contributed by atoms with Crippen LogP contribution in [0.15, 0.2) is 16.3 Å². The van der Waals surface area contributed by atoms with E-state index in [1.54, 1.807) is 13.1 Å². The van der Waals surface area contributed by atoms with Crippen molar-refractivity contribution in [2.45, 2.75) is 31.0 Å². The molecule has 0 saturated heterocycles. The van der Waals surface area contributed by atoms with Crippen LogP contribution in [0.4, 0.5) is 0 Å². The van der Waals surface area contributed by atoms with Crippen LogP contribution in [0.25, 0.3) is 0 Å². The second kappa shape index (κ2) is 6.49. The van der Waals surface area contributed by atoms with Crippen LogP contribution in [0.1, 0.15) is 25.1 Å². The average Bonchev–Trinajstić information content (AvgIpc) is 2.77. The Bertz CT molecular complexity index is 440. The van der Waals surface area contributed by atoms with Crippen LogP contribution in [0, 0.1) is 0 Å². The van der Waals surface area contributed by atoms with Crippen LogP contribution in [0.3, 0.4) is 0 Å². The predicted molar refractivity (Wildman–Crippen MR) is 71.8 cm³/mol. The van der Waals surface area contributed by atoms with Gasteiger partial charge in [0.25, 0.3) is 10.0 Å². The summed E-state index contributed by atoms with van der Waals surface area (Å²) in [6, 6.07) is 3.57. The summed E-state index contributed by atoms with van der Waals surface area (Å²) >= 11 is 1.34. The van der Waals surface area contributed by atoms with E-state index < -0.39 is 10.0 Å². The molecule has 0 spiro atoms. The third-order valence-electron chi connectivity index (χ3n) is 2.47. The van der Waals surface area contributed by atoms with E-state index in [2.05, 4.69) is 12.2 Å². The second-order valence-corrected chi connectivity index (χ2v) is 7.26. The molecule has 1 aromatic heterocycles. The first-order valence-corrected chi connectivity index (χ1v) is 8.03. The monoisotopic (exact) mass is 276 g/mol. The summed E-state index contributed by atoms with van der Waals surface area (Å²) in [5, 5.41) is 3.26. The van der Waals surface area contributed by atoms with Crippen molar-refractivity contribution in [1.82, 2.24) is 9.62 Å². The average molecular weight is 276 g/mol. The van der Waals surface area contributed by atoms with Gasteiger partial charge in [-0.1, -0.05) is 13.8 Å². The van der Waals surface area contributed by atoms with Crippen LogP contribution < -0.4 is 5.32 Å². The molecule has 0 atom stereocenters. The first-order chi connectivity index (χ1) is 8.02. The molecule has 0 aromatic carbocycles. The highest BCUT2D eigenvalue weighted by Crippen LogP contribution is 2.24. The van der Waals surface area contributed by atoms with Crippen molar-refractivity contribution in [1.29, 1.82) is 0 Å². The molecule has 1 heterocycles. The van der Waals surface area contributed by atoms with Gasteiger partial charge in [-0.25, -0.2) is 12.7 Å². The first-order valence-electron chi connectivity index (χ1n) is 5.78. The molecular weight excluding hydrogens is 256 g/mol. The van der Waals surface area contributed by atoms with Gasteiger partial charge in [-0.15, -0.1) is 11.3 Å². The van der Waals surface area contributed by atoms with Crippen molar-refractivity contribution < 1.29 is 8.42 Å². The number of hydrogen-bond acceptors (Lipinski definition) is 4. The molecule has 6 heteroatoms. The summed E-state index contributed by atoms with van der Waals surface area (Å²) < 4.78 is 25.8. The van der Waals surface area contributed by atoms with Gasteiger partial charge in [-0.3, -0.25) is 0 Å². The van der Waals surface area contributed by atoms with E-state index in [4.69, 9.17) is 0 Å². The lowest BCUT2D eigenvalue weighted by Gasteiger charge is -2.12. The Labute approximate surface area is 108 Å². The van der Waals surface area contributed by atoms with Crippen LogP contribution in [0.5, 0.6) is 0 Å². The van der Waals surface area contributed by atoms with Crippen molar-refractivity contribution in [2.75, 3.05) is 20.1 Å². The van der Waals surface area contributed by atoms with Crippen LogP contribution in [-0.2, 0) is 16.6 Å². The van der Waals surface area contributed by atoms with Crippen molar-refractivity contribution >= 4 is 21.4 Å². The van der Waals surface area contributed by atoms with Gasteiger partial charge in [0.05, 0.1) is 0 Å². The zero-order valence-electron chi connectivity index (χ0n) is 10.6. The third kappa shape index (κ3) is 3.77. The topological polar surface area (TPSA) is 49.4 Å². The quantitative estimate of drug-likeness (QED) is 0.774. The van der Waals surface area contributed by atoms with Gasteiger partial charge in [0, 0.05) is 25.0 Å². The molecule has 4 nitrogen and oxygen atoms in total. The molecule has 1 aromatic rings. The molecule has 0 aliphatic rings. The summed E-state index contributed by atoms with van der Waals surface area (Å²) in [7, 11) is -1.67. The van der Waals surface area contributed by atoms with E-state index in [0.717, 1.165) is 24.4 Å². The standard InChI is InChI=1S/C11H20N2O2S2/c1-4-8-12-9-10-6-7-11(16-10)17(14,15)13(3)5-2/h6-7,12H,4-5,8-9H2,1-3H3. The molecule has 0 aliphatic carbocycles. The molecule has 17 heavy (non-hydrogen) atoms. The number of sulfonamides is 1. The molecule has 0 unspecified atom stereocenters. The number of thiophene rings is 1. The number of rotatable bonds is 7. The van der Waals surface area contributed by atoms with E-state index in [9.17, 15) is 8.42 Å². The highest BCUT2D eigenvalue weighted by atomic mass is 32.2. The van der Waals surface area contributed by atoms with E-state index >= 15 is 0 Å². The van der Waals surface area contributed by atoms with Crippen molar-refractivity contribution in [2.24, 2.45) is 0 Å². The highest BCUT2D eigenvalue weighted by Gasteiger charge is 2.21. The first kappa shape index (κ1) is 14.6. The maximum absolute atomic E-state index is 12.0. The normalized spacial score (nSPS) is 12.2. The van der Waals surface area contributed by atoms with E-state index in [-0.39, 0.29) is 0 Å². The van der Waals surface area contributed by atoms with E-state index in [0.29, 0.717) is 10.8 Å². The maximum atomic E-state index is 12.0. The Balaban J connectivity index is 2.74. The number of nitrogens with zero attached hydrogens (tertiary/aromatic N) is 1. The molecule has 1 N–H and O–H groups in total. The summed E-state index contributed by atoms with van der Waals surface area (Å²) in [6.45, 7) is 6.12. The molecule has 0 fully saturated rings. The van der Waals surface area contributed by atoms with Crippen molar-refractivity contribution in [3.8, 4) is 0 Å². The van der Waals surface area contributed by atoms with Gasteiger partial charge in [-0.2, -0.15) is 0 Å². The second-order valence-electron chi connectivity index (χ2n) is 3.82. The summed E-state index contributed by atoms with van der Waals surface area (Å²) in [5.74, 6) is 0. The Morgan fingerprint density at radius 3 is 2.65 bits per heavy atom. The maximum Gasteiger partial charge on any atom is 0.252 e. The number of nitrogens with one attached hydrogen (secondary N) is 1. The zero-order chi connectivity index (χ0) is 12.9. The van der Waals surface area contributed by atoms with Gasteiger partial charge in [-0.05, 0) is 25.1 Å². The van der Waals surface area contributed by atoms with E-state index in [1.165, 1.54) is 15.6 Å². The van der Waals surface area contributed by atoms with Crippen LogP contribution in [-0.4, -0.2) is 32.9 Å². The minimum Gasteiger partial charge on any atom is -0.312 e. The molecular formula is C11H20N2O2S2. The fraction of sp³-hybridized carbons (Fsp3) is 0.636. The Morgan fingerprint density at radius 2 is 2.06 bits per heavy atom. The molecule has 0 amide bonds. The molecule has 1 rings (SSSR count). The van der Waals surface area contributed by atoms with Crippen LogP contribution in [0.2, 0.25) is 0 Å². The zero-order valence-corrected chi connectivity index (χ0v) is 12.2. The lowest BCUT2D eigenvalue weighted by molar-refractivity contribution is 0.488. The minimum absolute atomic E-state index is 0.426. The third-order valence-corrected chi connectivity index (χ3v) is 5.96. The molecule has 0 bridgehead atoms. The lowest BCUT2D eigenvalue weighted by atomic mass is 10.4. The van der Waals surface area contributed by atoms with Crippen molar-refractivity contribution in [3.63, 3.8) is 0 Å². The van der Waals surface area contributed by atoms with Crippen LogP contribution >= 0.6 is 11.3 Å². The van der Waals surface area contributed by atoms with Gasteiger partial charge in [0.1, 0.15) is 4.21 Å². The number of hydrogen-bond donors (Lipinski definition) is 1. The molecule has 0 aliphatic heterocycles. The summed E-state index contributed by atoms with van der Waals surface area (Å²) in [6.07, 6.45) is 1.08. The van der Waals surface area contributed by atoms with Gasteiger partial charge < -0.3 is 5.32 Å². The molecule has 98 valence electrons. The highest BCUT2D eigenvalue weighted by molar-refractivity contribution is 7.91. The van der Waals surface area contributed by atoms with Crippen molar-refractivity contribution in [3.05, 3.63) is 17.0 Å². The molecule has 0 saturated carbocycles. The largest absolute Gasteiger partial charge is 0.312 e. The summed E-state index contributed by atoms with van der Waals surface area (Å²) in [5.41, 5.74) is 0. The molecule has 0 radical (unpaired) electrons. The smallest absolute Gasteiger partial charge is 0.252 e. The fourth-order valence-electron chi connectivity index (χ4n) is 1.30. The van der Waals surface area contributed by atoms with Gasteiger partial charge in [0.15, 0.2) is 0 Å². The van der Waals surface area contributed by atoms with E-state index in [1.807, 2.05) is 13.0 Å². The Kier molecular flexibility index (Phi) is 5.58. The predicted octanol–water partition coefficient (Wildman–Crippen LogP) is 1.89. The van der Waals surface area contributed by atoms with Gasteiger partial charge >= 0.3 is 0 Å². The van der Waals surface area contributed by atoms with Gasteiger partial charge in [0.2, 0.25) is 0 Å².